The average Bonchev–Trinajstić information content (AvgIpc) is 2.25. The van der Waals surface area contributed by atoms with E-state index in [1.807, 2.05) is 0 Å². The highest BCUT2D eigenvalue weighted by Crippen LogP contribution is 2.12. The second kappa shape index (κ2) is 5.54. The van der Waals surface area contributed by atoms with Crippen LogP contribution in [-0.4, -0.2) is 18.0 Å². The Hall–Kier alpha value is -2.17. The van der Waals surface area contributed by atoms with Crippen LogP contribution in [0.5, 0.6) is 0 Å². The molecule has 5 heteroatoms. The third kappa shape index (κ3) is 3.60. The second-order valence-electron chi connectivity index (χ2n) is 2.65. The molecule has 0 aromatic heterocycles. The highest BCUT2D eigenvalue weighted by molar-refractivity contribution is 5.52. The summed E-state index contributed by atoms with van der Waals surface area (Å²) in [7, 11) is 0. The van der Waals surface area contributed by atoms with Crippen LogP contribution >= 0.6 is 0 Å². The van der Waals surface area contributed by atoms with Gasteiger partial charge in [-0.05, 0) is 23.8 Å². The molecule has 15 heavy (non-hydrogen) atoms. The lowest BCUT2D eigenvalue weighted by molar-refractivity contribution is -0.384. The van der Waals surface area contributed by atoms with Crippen molar-refractivity contribution in [1.82, 2.24) is 0 Å². The van der Waals surface area contributed by atoms with Gasteiger partial charge in [0.1, 0.15) is 6.61 Å². The summed E-state index contributed by atoms with van der Waals surface area (Å²) in [6.45, 7) is 1.43. The summed E-state index contributed by atoms with van der Waals surface area (Å²) in [4.78, 5) is 19.6. The van der Waals surface area contributed by atoms with Crippen LogP contribution < -0.4 is 0 Å². The Morgan fingerprint density at radius 2 is 2.07 bits per heavy atom. The largest absolute Gasteiger partial charge is 0.453 e. The van der Waals surface area contributed by atoms with Crippen LogP contribution in [0.15, 0.2) is 30.3 Å². The molecule has 0 saturated carbocycles. The summed E-state index contributed by atoms with van der Waals surface area (Å²) in [6, 6.07) is 6.04. The van der Waals surface area contributed by atoms with Crippen LogP contribution in [0, 0.1) is 10.1 Å². The second-order valence-corrected chi connectivity index (χ2v) is 2.65. The Bertz CT molecular complexity index is 370. The molecule has 0 fully saturated rings. The fourth-order valence-electron chi connectivity index (χ4n) is 0.973. The van der Waals surface area contributed by atoms with Gasteiger partial charge < -0.3 is 4.74 Å². The highest BCUT2D eigenvalue weighted by Gasteiger charge is 2.01. The average molecular weight is 206 g/mol. The van der Waals surface area contributed by atoms with Gasteiger partial charge in [0.15, 0.2) is 0 Å². The molecular formula is C10H8NO4. The quantitative estimate of drug-likeness (QED) is 0.417. The van der Waals surface area contributed by atoms with Crippen LogP contribution in [0.1, 0.15) is 5.56 Å². The maximum absolute atomic E-state index is 10.3. The number of nitrogens with zero attached hydrogens (tertiary/aromatic N) is 1. The lowest BCUT2D eigenvalue weighted by Crippen LogP contribution is -1.87. The van der Waals surface area contributed by atoms with Crippen LogP contribution in [0.2, 0.25) is 0 Å². The molecule has 0 aliphatic heterocycles. The molecule has 5 nitrogen and oxygen atoms in total. The van der Waals surface area contributed by atoms with Crippen LogP contribution in [0.4, 0.5) is 5.69 Å². The third-order valence-electron chi connectivity index (χ3n) is 1.65. The topological polar surface area (TPSA) is 69.4 Å². The normalized spacial score (nSPS) is 10.1. The van der Waals surface area contributed by atoms with Crippen molar-refractivity contribution in [1.29, 1.82) is 0 Å². The summed E-state index contributed by atoms with van der Waals surface area (Å²) < 4.78 is 4.32. The van der Waals surface area contributed by atoms with Gasteiger partial charge in [0.05, 0.1) is 4.92 Å². The van der Waals surface area contributed by atoms with E-state index in [9.17, 15) is 14.9 Å². The van der Waals surface area contributed by atoms with E-state index in [1.54, 1.807) is 24.3 Å². The van der Waals surface area contributed by atoms with Crippen molar-refractivity contribution in [3.05, 3.63) is 46.0 Å². The molecule has 0 aliphatic rings. The summed E-state index contributed by atoms with van der Waals surface area (Å²) in [6.07, 6.45) is 3.31. The van der Waals surface area contributed by atoms with Crippen molar-refractivity contribution in [2.75, 3.05) is 6.61 Å². The fourth-order valence-corrected chi connectivity index (χ4v) is 0.973. The summed E-state index contributed by atoms with van der Waals surface area (Å²) in [5.74, 6) is 0. The molecule has 0 amide bonds. The molecular weight excluding hydrogens is 198 g/mol. The minimum absolute atomic E-state index is 0.0459. The minimum atomic E-state index is -0.460. The van der Waals surface area contributed by atoms with Crippen molar-refractivity contribution >= 4 is 18.2 Å². The minimum Gasteiger partial charge on any atom is -0.453 e. The number of nitro groups is 1. The van der Waals surface area contributed by atoms with E-state index < -0.39 is 4.92 Å². The Morgan fingerprint density at radius 1 is 1.40 bits per heavy atom. The molecule has 1 aromatic carbocycles. The van der Waals surface area contributed by atoms with Crippen LogP contribution in [0.25, 0.3) is 6.08 Å². The molecule has 77 valence electrons. The molecule has 1 radical (unpaired) electrons. The van der Waals surface area contributed by atoms with Gasteiger partial charge in [-0.2, -0.15) is 0 Å². The number of rotatable bonds is 5. The van der Waals surface area contributed by atoms with Gasteiger partial charge in [0.25, 0.3) is 5.69 Å². The number of benzene rings is 1. The van der Waals surface area contributed by atoms with Crippen LogP contribution in [0.3, 0.4) is 0 Å². The van der Waals surface area contributed by atoms with Crippen molar-refractivity contribution < 1.29 is 14.5 Å². The molecule has 0 unspecified atom stereocenters. The van der Waals surface area contributed by atoms with Gasteiger partial charge in [-0.15, -0.1) is 0 Å². The number of non-ortho nitro benzene ring substituents is 1. The fraction of sp³-hybridized carbons (Fsp3) is 0.100. The first-order chi connectivity index (χ1) is 7.24. The molecule has 0 bridgehead atoms. The van der Waals surface area contributed by atoms with Crippen molar-refractivity contribution in [3.8, 4) is 0 Å². The highest BCUT2D eigenvalue weighted by atomic mass is 16.6. The van der Waals surface area contributed by atoms with Gasteiger partial charge in [0, 0.05) is 12.1 Å². The first-order valence-corrected chi connectivity index (χ1v) is 4.14. The predicted molar refractivity (Wildman–Crippen MR) is 53.8 cm³/mol. The molecule has 0 saturated heterocycles. The zero-order chi connectivity index (χ0) is 11.1. The Balaban J connectivity index is 2.60. The van der Waals surface area contributed by atoms with Gasteiger partial charge in [0.2, 0.25) is 0 Å². The molecule has 0 N–H and O–H groups in total. The first kappa shape index (κ1) is 10.9. The molecule has 0 heterocycles. The van der Waals surface area contributed by atoms with E-state index in [2.05, 4.69) is 4.74 Å². The van der Waals surface area contributed by atoms with Gasteiger partial charge in [-0.25, -0.2) is 4.79 Å². The van der Waals surface area contributed by atoms with Gasteiger partial charge >= 0.3 is 6.47 Å². The molecule has 0 atom stereocenters. The lowest BCUT2D eigenvalue weighted by atomic mass is 10.2. The van der Waals surface area contributed by atoms with Gasteiger partial charge in [-0.3, -0.25) is 10.1 Å². The number of hydrogen-bond acceptors (Lipinski definition) is 4. The van der Waals surface area contributed by atoms with E-state index >= 15 is 0 Å². The smallest absolute Gasteiger partial charge is 0.417 e. The lowest BCUT2D eigenvalue weighted by Gasteiger charge is -1.93. The number of nitro benzene ring substituents is 1. The van der Waals surface area contributed by atoms with Crippen molar-refractivity contribution in [2.45, 2.75) is 0 Å². The SMILES string of the molecule is O=[C]OC/C=C/c1ccc([N+](=O)[O-])cc1. The van der Waals surface area contributed by atoms with E-state index in [0.29, 0.717) is 0 Å². The molecule has 1 rings (SSSR count). The molecule has 0 spiro atoms. The van der Waals surface area contributed by atoms with E-state index in [-0.39, 0.29) is 12.3 Å². The predicted octanol–water partition coefficient (Wildman–Crippen LogP) is 1.69. The summed E-state index contributed by atoms with van der Waals surface area (Å²) in [5, 5.41) is 10.3. The standard InChI is InChI=1S/C10H8NO4/c12-8-15-7-1-2-9-3-5-10(6-4-9)11(13)14/h1-6H,7H2/b2-1+. The molecule has 1 aromatic rings. The molecule has 0 aliphatic carbocycles. The number of carbonyl (C=O) groups excluding carboxylic acids is 1. The Kier molecular flexibility index (Phi) is 4.03. The van der Waals surface area contributed by atoms with Crippen molar-refractivity contribution in [2.24, 2.45) is 0 Å². The van der Waals surface area contributed by atoms with Gasteiger partial charge in [-0.1, -0.05) is 6.08 Å². The van der Waals surface area contributed by atoms with Crippen LogP contribution in [-0.2, 0) is 9.53 Å². The monoisotopic (exact) mass is 206 g/mol. The Morgan fingerprint density at radius 3 is 2.60 bits per heavy atom. The maximum atomic E-state index is 10.3. The first-order valence-electron chi connectivity index (χ1n) is 4.14. The summed E-state index contributed by atoms with van der Waals surface area (Å²) >= 11 is 0. The maximum Gasteiger partial charge on any atom is 0.417 e. The van der Waals surface area contributed by atoms with Crippen molar-refractivity contribution in [3.63, 3.8) is 0 Å². The van der Waals surface area contributed by atoms with E-state index in [0.717, 1.165) is 5.56 Å². The zero-order valence-electron chi connectivity index (χ0n) is 7.75. The van der Waals surface area contributed by atoms with E-state index in [1.165, 1.54) is 18.6 Å². The Labute approximate surface area is 86.1 Å². The summed E-state index contributed by atoms with van der Waals surface area (Å²) in [5.41, 5.74) is 0.847. The number of ether oxygens (including phenoxy) is 1. The third-order valence-corrected chi connectivity index (χ3v) is 1.65. The van der Waals surface area contributed by atoms with E-state index in [4.69, 9.17) is 0 Å². The zero-order valence-corrected chi connectivity index (χ0v) is 7.75. The number of hydrogen-bond donors (Lipinski definition) is 0.